The van der Waals surface area contributed by atoms with Gasteiger partial charge in [-0.25, -0.2) is 29.3 Å². The molecule has 4 aromatic rings. The van der Waals surface area contributed by atoms with E-state index in [1.54, 1.807) is 18.5 Å². The van der Waals surface area contributed by atoms with Crippen LogP contribution in [0.4, 0.5) is 10.2 Å². The number of carbonyl (C=O) groups is 1. The van der Waals surface area contributed by atoms with Gasteiger partial charge in [-0.05, 0) is 36.1 Å². The fraction of sp³-hybridized carbons (Fsp3) is 0.273. The quantitative estimate of drug-likeness (QED) is 0.511. The number of aromatic amines is 1. The number of amides is 1. The van der Waals surface area contributed by atoms with Crippen LogP contribution in [-0.4, -0.2) is 35.8 Å². The predicted octanol–water partition coefficient (Wildman–Crippen LogP) is 3.79. The molecule has 8 nitrogen and oxygen atoms in total. The average molecular weight is 417 g/mol. The van der Waals surface area contributed by atoms with Crippen molar-refractivity contribution in [1.82, 2.24) is 29.9 Å². The number of halogens is 1. The number of aromatic nitrogens is 6. The van der Waals surface area contributed by atoms with Crippen LogP contribution in [0.2, 0.25) is 0 Å². The minimum absolute atomic E-state index is 0.00638. The van der Waals surface area contributed by atoms with E-state index < -0.39 is 5.82 Å². The molecule has 2 N–H and O–H groups in total. The molecule has 1 saturated carbocycles. The number of hydrogen-bond donors (Lipinski definition) is 2. The minimum Gasteiger partial charge on any atom is -0.337 e. The standard InChI is InChI=1S/C22H20FN7O/c23-17-6-13(5-15(8-17)16-9-24-11-25-10-16)7-18(31)28-21-19-22(27-12-26-21)30-20(29-19)14-3-1-2-4-14/h5-6,8-12,14H,1-4,7H2,(H2,26,27,28,29,30,31). The van der Waals surface area contributed by atoms with E-state index in [4.69, 9.17) is 0 Å². The number of rotatable bonds is 5. The zero-order chi connectivity index (χ0) is 21.2. The molecule has 0 unspecified atom stereocenters. The first-order chi connectivity index (χ1) is 15.2. The van der Waals surface area contributed by atoms with Gasteiger partial charge in [0.15, 0.2) is 11.5 Å². The summed E-state index contributed by atoms with van der Waals surface area (Å²) in [6.45, 7) is 0. The molecule has 1 fully saturated rings. The van der Waals surface area contributed by atoms with Gasteiger partial charge in [0.25, 0.3) is 0 Å². The molecule has 156 valence electrons. The van der Waals surface area contributed by atoms with Crippen molar-refractivity contribution in [3.8, 4) is 11.1 Å². The van der Waals surface area contributed by atoms with Gasteiger partial charge < -0.3 is 10.3 Å². The topological polar surface area (TPSA) is 109 Å². The van der Waals surface area contributed by atoms with Crippen LogP contribution in [0.1, 0.15) is 43.0 Å². The number of carbonyl (C=O) groups excluding carboxylic acids is 1. The molecule has 0 atom stereocenters. The van der Waals surface area contributed by atoms with E-state index in [2.05, 4.69) is 35.2 Å². The number of benzene rings is 1. The van der Waals surface area contributed by atoms with Crippen molar-refractivity contribution in [3.63, 3.8) is 0 Å². The Morgan fingerprint density at radius 1 is 1.06 bits per heavy atom. The molecule has 5 rings (SSSR count). The molecular weight excluding hydrogens is 397 g/mol. The molecular formula is C22H20FN7O. The summed E-state index contributed by atoms with van der Waals surface area (Å²) in [5.74, 6) is 0.926. The smallest absolute Gasteiger partial charge is 0.230 e. The Morgan fingerprint density at radius 2 is 1.87 bits per heavy atom. The van der Waals surface area contributed by atoms with Crippen LogP contribution in [0.3, 0.4) is 0 Å². The molecule has 31 heavy (non-hydrogen) atoms. The van der Waals surface area contributed by atoms with Crippen LogP contribution >= 0.6 is 0 Å². The number of fused-ring (bicyclic) bond motifs is 1. The lowest BCUT2D eigenvalue weighted by Gasteiger charge is -2.08. The predicted molar refractivity (Wildman–Crippen MR) is 113 cm³/mol. The number of hydrogen-bond acceptors (Lipinski definition) is 6. The van der Waals surface area contributed by atoms with E-state index in [9.17, 15) is 9.18 Å². The van der Waals surface area contributed by atoms with Gasteiger partial charge >= 0.3 is 0 Å². The highest BCUT2D eigenvalue weighted by molar-refractivity contribution is 5.97. The van der Waals surface area contributed by atoms with Crippen LogP contribution in [0.5, 0.6) is 0 Å². The van der Waals surface area contributed by atoms with Crippen molar-refractivity contribution in [2.45, 2.75) is 38.0 Å². The van der Waals surface area contributed by atoms with Crippen molar-refractivity contribution in [2.75, 3.05) is 5.32 Å². The van der Waals surface area contributed by atoms with Gasteiger partial charge in [-0.2, -0.15) is 0 Å². The second kappa shape index (κ2) is 8.17. The van der Waals surface area contributed by atoms with E-state index in [0.717, 1.165) is 18.7 Å². The maximum atomic E-state index is 14.1. The van der Waals surface area contributed by atoms with Gasteiger partial charge in [-0.15, -0.1) is 0 Å². The first-order valence-corrected chi connectivity index (χ1v) is 10.2. The molecule has 0 spiro atoms. The third-order valence-electron chi connectivity index (χ3n) is 5.52. The lowest BCUT2D eigenvalue weighted by molar-refractivity contribution is -0.115. The fourth-order valence-electron chi connectivity index (χ4n) is 4.06. The summed E-state index contributed by atoms with van der Waals surface area (Å²) in [5, 5.41) is 2.81. The zero-order valence-electron chi connectivity index (χ0n) is 16.7. The summed E-state index contributed by atoms with van der Waals surface area (Å²) < 4.78 is 14.1. The van der Waals surface area contributed by atoms with Crippen molar-refractivity contribution in [2.24, 2.45) is 0 Å². The first kappa shape index (κ1) is 19.2. The summed E-state index contributed by atoms with van der Waals surface area (Å²) in [6, 6.07) is 4.49. The third kappa shape index (κ3) is 4.11. The Labute approximate surface area is 177 Å². The number of nitrogens with one attached hydrogen (secondary N) is 2. The average Bonchev–Trinajstić information content (AvgIpc) is 3.44. The summed E-state index contributed by atoms with van der Waals surface area (Å²) in [5.41, 5.74) is 2.97. The minimum atomic E-state index is -0.427. The Hall–Kier alpha value is -3.75. The van der Waals surface area contributed by atoms with Crippen molar-refractivity contribution < 1.29 is 9.18 Å². The van der Waals surface area contributed by atoms with Crippen LogP contribution < -0.4 is 5.32 Å². The third-order valence-corrected chi connectivity index (χ3v) is 5.52. The van der Waals surface area contributed by atoms with Crippen LogP contribution in [0, 0.1) is 5.82 Å². The van der Waals surface area contributed by atoms with E-state index in [0.29, 0.717) is 39.6 Å². The van der Waals surface area contributed by atoms with Crippen LogP contribution in [0.15, 0.2) is 43.2 Å². The lowest BCUT2D eigenvalue weighted by Crippen LogP contribution is -2.16. The largest absolute Gasteiger partial charge is 0.337 e. The summed E-state index contributed by atoms with van der Waals surface area (Å²) in [7, 11) is 0. The molecule has 0 saturated heterocycles. The molecule has 1 aliphatic carbocycles. The molecule has 3 heterocycles. The molecule has 1 amide bonds. The van der Waals surface area contributed by atoms with Crippen molar-refractivity contribution >= 4 is 22.9 Å². The van der Waals surface area contributed by atoms with Gasteiger partial charge in [0.05, 0.1) is 6.42 Å². The Morgan fingerprint density at radius 3 is 2.68 bits per heavy atom. The number of anilines is 1. The summed E-state index contributed by atoms with van der Waals surface area (Å²) in [6.07, 6.45) is 10.6. The Bertz CT molecular complexity index is 1240. The van der Waals surface area contributed by atoms with E-state index in [1.165, 1.54) is 37.6 Å². The lowest BCUT2D eigenvalue weighted by atomic mass is 10.0. The second-order valence-corrected chi connectivity index (χ2v) is 7.72. The maximum Gasteiger partial charge on any atom is 0.230 e. The van der Waals surface area contributed by atoms with Crippen LogP contribution in [0.25, 0.3) is 22.3 Å². The Kier molecular flexibility index (Phi) is 5.07. The SMILES string of the molecule is O=C(Cc1cc(F)cc(-c2cncnc2)c1)Nc1ncnc2nc(C3CCCC3)[nH]c12. The summed E-state index contributed by atoms with van der Waals surface area (Å²) in [4.78, 5) is 36.9. The maximum absolute atomic E-state index is 14.1. The first-order valence-electron chi connectivity index (χ1n) is 10.2. The van der Waals surface area contributed by atoms with E-state index >= 15 is 0 Å². The monoisotopic (exact) mass is 417 g/mol. The fourth-order valence-corrected chi connectivity index (χ4v) is 4.06. The Balaban J connectivity index is 1.36. The van der Waals surface area contributed by atoms with Gasteiger partial charge in [0.1, 0.15) is 29.8 Å². The van der Waals surface area contributed by atoms with Gasteiger partial charge in [-0.1, -0.05) is 18.9 Å². The van der Waals surface area contributed by atoms with Crippen LogP contribution in [-0.2, 0) is 11.2 Å². The molecule has 9 heteroatoms. The normalized spacial score (nSPS) is 14.2. The number of nitrogens with zero attached hydrogens (tertiary/aromatic N) is 5. The molecule has 0 radical (unpaired) electrons. The molecule has 0 aliphatic heterocycles. The highest BCUT2D eigenvalue weighted by Gasteiger charge is 2.22. The molecule has 3 aromatic heterocycles. The van der Waals surface area contributed by atoms with Crippen molar-refractivity contribution in [3.05, 3.63) is 60.5 Å². The molecule has 1 aromatic carbocycles. The van der Waals surface area contributed by atoms with Gasteiger partial charge in [-0.3, -0.25) is 4.79 Å². The van der Waals surface area contributed by atoms with E-state index in [-0.39, 0.29) is 12.3 Å². The molecule has 1 aliphatic rings. The van der Waals surface area contributed by atoms with Gasteiger partial charge in [0.2, 0.25) is 5.91 Å². The van der Waals surface area contributed by atoms with Gasteiger partial charge in [0, 0.05) is 23.9 Å². The second-order valence-electron chi connectivity index (χ2n) is 7.72. The number of imidazole rings is 1. The molecule has 0 bridgehead atoms. The highest BCUT2D eigenvalue weighted by atomic mass is 19.1. The summed E-state index contributed by atoms with van der Waals surface area (Å²) >= 11 is 0. The zero-order valence-corrected chi connectivity index (χ0v) is 16.7. The van der Waals surface area contributed by atoms with E-state index in [1.807, 2.05) is 0 Å². The van der Waals surface area contributed by atoms with Crippen molar-refractivity contribution in [1.29, 1.82) is 0 Å². The highest BCUT2D eigenvalue weighted by Crippen LogP contribution is 2.33. The number of H-pyrrole nitrogens is 1.